The molecule has 15 heavy (non-hydrogen) atoms. The van der Waals surface area contributed by atoms with E-state index in [2.05, 4.69) is 0 Å². The lowest BCUT2D eigenvalue weighted by Crippen LogP contribution is -2.05. The molecular weight excluding hydrogens is 205 g/mol. The van der Waals surface area contributed by atoms with E-state index in [1.807, 2.05) is 0 Å². The number of nitrogens with two attached hydrogens (primary N) is 1. The van der Waals surface area contributed by atoms with Crippen molar-refractivity contribution in [3.63, 3.8) is 0 Å². The summed E-state index contributed by atoms with van der Waals surface area (Å²) >= 11 is 0. The maximum absolute atomic E-state index is 12.2. The van der Waals surface area contributed by atoms with Crippen LogP contribution in [0.3, 0.4) is 0 Å². The standard InChI is InChI=1S/C10H7F3N2/c11-10(12,13)8-3-1-7(2-4-8)9(15)5-6-14/h1-5H,15H2. The minimum Gasteiger partial charge on any atom is -0.398 e. The molecule has 1 aromatic carbocycles. The van der Waals surface area contributed by atoms with Gasteiger partial charge < -0.3 is 5.73 Å². The number of allylic oxidation sites excluding steroid dienone is 1. The first-order valence-electron chi connectivity index (χ1n) is 3.98. The number of hydrogen-bond acceptors (Lipinski definition) is 2. The Morgan fingerprint density at radius 2 is 1.80 bits per heavy atom. The topological polar surface area (TPSA) is 49.8 Å². The van der Waals surface area contributed by atoms with Crippen LogP contribution in [0.4, 0.5) is 13.2 Å². The summed E-state index contributed by atoms with van der Waals surface area (Å²) in [5.74, 6) is 0. The molecule has 5 heteroatoms. The van der Waals surface area contributed by atoms with Crippen LogP contribution in [0.15, 0.2) is 30.3 Å². The number of hydrogen-bond donors (Lipinski definition) is 1. The molecule has 0 amide bonds. The Morgan fingerprint density at radius 1 is 1.27 bits per heavy atom. The summed E-state index contributed by atoms with van der Waals surface area (Å²) in [5, 5.41) is 8.30. The zero-order valence-electron chi connectivity index (χ0n) is 7.55. The van der Waals surface area contributed by atoms with Crippen LogP contribution in [0.1, 0.15) is 11.1 Å². The van der Waals surface area contributed by atoms with Crippen molar-refractivity contribution in [3.05, 3.63) is 41.5 Å². The monoisotopic (exact) mass is 212 g/mol. The minimum atomic E-state index is -4.35. The molecule has 0 saturated carbocycles. The molecule has 0 spiro atoms. The molecule has 0 aliphatic heterocycles. The third-order valence-electron chi connectivity index (χ3n) is 1.77. The van der Waals surface area contributed by atoms with Crippen molar-refractivity contribution in [2.75, 3.05) is 0 Å². The first-order valence-corrected chi connectivity index (χ1v) is 3.98. The highest BCUT2D eigenvalue weighted by atomic mass is 19.4. The highest BCUT2D eigenvalue weighted by Crippen LogP contribution is 2.29. The van der Waals surface area contributed by atoms with Crippen molar-refractivity contribution in [2.24, 2.45) is 5.73 Å². The Bertz CT molecular complexity index is 410. The lowest BCUT2D eigenvalue weighted by molar-refractivity contribution is -0.137. The summed E-state index contributed by atoms with van der Waals surface area (Å²) in [6.45, 7) is 0. The van der Waals surface area contributed by atoms with E-state index in [1.165, 1.54) is 12.1 Å². The number of nitrogens with zero attached hydrogens (tertiary/aromatic N) is 1. The van der Waals surface area contributed by atoms with E-state index in [0.29, 0.717) is 5.56 Å². The first kappa shape index (κ1) is 11.1. The Morgan fingerprint density at radius 3 is 2.20 bits per heavy atom. The summed E-state index contributed by atoms with van der Waals surface area (Å²) in [6.07, 6.45) is -3.28. The normalized spacial score (nSPS) is 12.3. The van der Waals surface area contributed by atoms with E-state index < -0.39 is 11.7 Å². The third-order valence-corrected chi connectivity index (χ3v) is 1.77. The summed E-state index contributed by atoms with van der Waals surface area (Å²) in [5.41, 5.74) is 5.22. The first-order chi connectivity index (χ1) is 6.95. The Labute approximate surface area is 84.4 Å². The molecular formula is C10H7F3N2. The van der Waals surface area contributed by atoms with E-state index in [9.17, 15) is 13.2 Å². The fourth-order valence-electron chi connectivity index (χ4n) is 1.00. The van der Waals surface area contributed by atoms with Crippen LogP contribution >= 0.6 is 0 Å². The maximum Gasteiger partial charge on any atom is 0.416 e. The van der Waals surface area contributed by atoms with Gasteiger partial charge in [0.2, 0.25) is 0 Å². The zero-order valence-corrected chi connectivity index (χ0v) is 7.55. The van der Waals surface area contributed by atoms with Gasteiger partial charge in [-0.15, -0.1) is 0 Å². The van der Waals surface area contributed by atoms with Gasteiger partial charge in [0.05, 0.1) is 11.6 Å². The molecule has 0 saturated heterocycles. The second kappa shape index (κ2) is 4.05. The molecule has 0 aliphatic rings. The third kappa shape index (κ3) is 2.74. The van der Waals surface area contributed by atoms with Gasteiger partial charge >= 0.3 is 6.18 Å². The van der Waals surface area contributed by atoms with Crippen molar-refractivity contribution < 1.29 is 13.2 Å². The van der Waals surface area contributed by atoms with Gasteiger partial charge in [0.25, 0.3) is 0 Å². The Kier molecular flexibility index (Phi) is 3.00. The smallest absolute Gasteiger partial charge is 0.398 e. The van der Waals surface area contributed by atoms with Crippen LogP contribution in [0.25, 0.3) is 5.70 Å². The molecule has 0 aliphatic carbocycles. The number of rotatable bonds is 1. The van der Waals surface area contributed by atoms with Crippen molar-refractivity contribution >= 4 is 5.70 Å². The number of nitriles is 1. The van der Waals surface area contributed by atoms with Crippen molar-refractivity contribution in [1.29, 1.82) is 5.26 Å². The second-order valence-corrected chi connectivity index (χ2v) is 2.80. The van der Waals surface area contributed by atoms with Crippen LogP contribution in [-0.2, 0) is 6.18 Å². The van der Waals surface area contributed by atoms with Gasteiger partial charge in [-0.3, -0.25) is 0 Å². The SMILES string of the molecule is N#CC=C(N)c1ccc(C(F)(F)F)cc1. The summed E-state index contributed by atoms with van der Waals surface area (Å²) in [6, 6.07) is 6.01. The highest BCUT2D eigenvalue weighted by molar-refractivity contribution is 5.64. The minimum absolute atomic E-state index is 0.145. The van der Waals surface area contributed by atoms with Crippen LogP contribution in [0, 0.1) is 11.3 Å². The summed E-state index contributed by atoms with van der Waals surface area (Å²) in [7, 11) is 0. The molecule has 2 nitrogen and oxygen atoms in total. The van der Waals surface area contributed by atoms with Crippen molar-refractivity contribution in [3.8, 4) is 6.07 Å². The highest BCUT2D eigenvalue weighted by Gasteiger charge is 2.29. The van der Waals surface area contributed by atoms with Gasteiger partial charge in [0.1, 0.15) is 0 Å². The average molecular weight is 212 g/mol. The molecule has 0 heterocycles. The van der Waals surface area contributed by atoms with Crippen LogP contribution in [0.2, 0.25) is 0 Å². The van der Waals surface area contributed by atoms with E-state index in [1.54, 1.807) is 6.07 Å². The predicted molar refractivity (Wildman–Crippen MR) is 49.2 cm³/mol. The summed E-state index contributed by atoms with van der Waals surface area (Å²) < 4.78 is 36.5. The van der Waals surface area contributed by atoms with Crippen LogP contribution in [0.5, 0.6) is 0 Å². The number of halogens is 3. The van der Waals surface area contributed by atoms with Gasteiger partial charge in [-0.1, -0.05) is 12.1 Å². The lowest BCUT2D eigenvalue weighted by atomic mass is 10.1. The number of alkyl halides is 3. The quantitative estimate of drug-likeness (QED) is 0.727. The molecule has 0 bridgehead atoms. The second-order valence-electron chi connectivity index (χ2n) is 2.80. The molecule has 0 fully saturated rings. The molecule has 1 rings (SSSR count). The molecule has 78 valence electrons. The van der Waals surface area contributed by atoms with Gasteiger partial charge in [-0.2, -0.15) is 18.4 Å². The average Bonchev–Trinajstić information content (AvgIpc) is 2.17. The van der Waals surface area contributed by atoms with Gasteiger partial charge in [0.15, 0.2) is 0 Å². The van der Waals surface area contributed by atoms with Crippen LogP contribution in [-0.4, -0.2) is 0 Å². The van der Waals surface area contributed by atoms with E-state index in [0.717, 1.165) is 18.2 Å². The maximum atomic E-state index is 12.2. The lowest BCUT2D eigenvalue weighted by Gasteiger charge is -2.07. The molecule has 0 aromatic heterocycles. The molecule has 2 N–H and O–H groups in total. The van der Waals surface area contributed by atoms with Crippen molar-refractivity contribution in [2.45, 2.75) is 6.18 Å². The molecule has 1 aromatic rings. The van der Waals surface area contributed by atoms with Gasteiger partial charge in [-0.25, -0.2) is 0 Å². The summed E-state index contributed by atoms with van der Waals surface area (Å²) in [4.78, 5) is 0. The fourth-order valence-corrected chi connectivity index (χ4v) is 1.00. The van der Waals surface area contributed by atoms with E-state index in [-0.39, 0.29) is 5.70 Å². The number of benzene rings is 1. The Hall–Kier alpha value is -1.96. The largest absolute Gasteiger partial charge is 0.416 e. The van der Waals surface area contributed by atoms with Gasteiger partial charge in [-0.05, 0) is 17.7 Å². The molecule has 0 unspecified atom stereocenters. The van der Waals surface area contributed by atoms with Crippen LogP contribution < -0.4 is 5.73 Å². The Balaban J connectivity index is 3.02. The zero-order chi connectivity index (χ0) is 11.5. The fraction of sp³-hybridized carbons (Fsp3) is 0.100. The molecule has 0 radical (unpaired) electrons. The van der Waals surface area contributed by atoms with E-state index in [4.69, 9.17) is 11.0 Å². The van der Waals surface area contributed by atoms with Gasteiger partial charge in [0, 0.05) is 11.8 Å². The predicted octanol–water partition coefficient (Wildman–Crippen LogP) is 2.53. The van der Waals surface area contributed by atoms with Crippen molar-refractivity contribution in [1.82, 2.24) is 0 Å². The van der Waals surface area contributed by atoms with E-state index >= 15 is 0 Å². The molecule has 0 atom stereocenters.